The zero-order valence-electron chi connectivity index (χ0n) is 19.6. The highest BCUT2D eigenvalue weighted by atomic mass is 35.5. The third-order valence-electron chi connectivity index (χ3n) is 5.16. The fraction of sp³-hybridized carbons (Fsp3) is 0.364. The fourth-order valence-electron chi connectivity index (χ4n) is 3.36. The highest BCUT2D eigenvalue weighted by Gasteiger charge is 2.30. The average molecular weight is 555 g/mol. The Kier molecular flexibility index (Phi) is 7.62. The number of carbonyl (C=O) groups is 1. The van der Waals surface area contributed by atoms with Gasteiger partial charge in [-0.15, -0.1) is 11.3 Å². The van der Waals surface area contributed by atoms with Crippen LogP contribution in [0.25, 0.3) is 21.8 Å². The van der Waals surface area contributed by atoms with E-state index in [-0.39, 0.29) is 22.3 Å². The monoisotopic (exact) mass is 554 g/mol. The summed E-state index contributed by atoms with van der Waals surface area (Å²) in [5.41, 5.74) is 1.13. The third kappa shape index (κ3) is 6.39. The molecular formula is C22H24ClFN6O4S2. The van der Waals surface area contributed by atoms with Gasteiger partial charge in [-0.2, -0.15) is 0 Å². The number of carbonyl (C=O) groups excluding carboxylic acids is 1. The summed E-state index contributed by atoms with van der Waals surface area (Å²) in [6.45, 7) is 2.14. The molecule has 0 spiro atoms. The maximum absolute atomic E-state index is 14.5. The van der Waals surface area contributed by atoms with Crippen molar-refractivity contribution in [3.8, 4) is 21.8 Å². The van der Waals surface area contributed by atoms with Gasteiger partial charge in [-0.25, -0.2) is 32.6 Å². The Balaban J connectivity index is 1.70. The standard InChI is InChI=1S/C22H24ClFN6O4S2/c1-11(27-22(31)34-2)10-26-21-25-7-6-15(28-21)19-18(29-20(35-19)12-4-5-12)14-8-13(24)9-16(17(14)23)30-36(3,32)33/h6-9,11-12,30H,4-5,10H2,1-3H3,(H,27,31)(H,25,26,28). The van der Waals surface area contributed by atoms with Crippen LogP contribution in [0.3, 0.4) is 0 Å². The molecule has 0 radical (unpaired) electrons. The molecule has 10 nitrogen and oxygen atoms in total. The number of nitrogens with one attached hydrogen (secondary N) is 3. The molecule has 2 aromatic heterocycles. The minimum absolute atomic E-state index is 0.0332. The van der Waals surface area contributed by atoms with Crippen LogP contribution in [0.1, 0.15) is 30.7 Å². The van der Waals surface area contributed by atoms with E-state index in [4.69, 9.17) is 16.6 Å². The number of ether oxygens (including phenoxy) is 1. The Morgan fingerprint density at radius 2 is 2.08 bits per heavy atom. The number of amides is 1. The number of hydrogen-bond acceptors (Lipinski definition) is 9. The Morgan fingerprint density at radius 1 is 1.33 bits per heavy atom. The van der Waals surface area contributed by atoms with Gasteiger partial charge in [0, 0.05) is 30.3 Å². The normalized spacial score (nSPS) is 14.2. The van der Waals surface area contributed by atoms with Gasteiger partial charge >= 0.3 is 6.09 Å². The number of thiazole rings is 1. The van der Waals surface area contributed by atoms with Gasteiger partial charge in [0.2, 0.25) is 16.0 Å². The van der Waals surface area contributed by atoms with E-state index in [1.807, 2.05) is 0 Å². The summed E-state index contributed by atoms with van der Waals surface area (Å²) in [6.07, 6.45) is 4.01. The minimum atomic E-state index is -3.69. The van der Waals surface area contributed by atoms with Crippen molar-refractivity contribution >= 4 is 50.7 Å². The molecule has 0 aliphatic heterocycles. The molecule has 1 aliphatic carbocycles. The predicted octanol–water partition coefficient (Wildman–Crippen LogP) is 4.46. The quantitative estimate of drug-likeness (QED) is 0.353. The number of aromatic nitrogens is 3. The van der Waals surface area contributed by atoms with Gasteiger partial charge in [0.05, 0.1) is 45.3 Å². The average Bonchev–Trinajstić information content (AvgIpc) is 3.57. The Hall–Kier alpha value is -3.03. The SMILES string of the molecule is COC(=O)NC(C)CNc1nccc(-c2sc(C3CC3)nc2-c2cc(F)cc(NS(C)(=O)=O)c2Cl)n1. The molecular weight excluding hydrogens is 531 g/mol. The van der Waals surface area contributed by atoms with Gasteiger partial charge in [0.1, 0.15) is 5.82 Å². The molecule has 1 atom stereocenters. The summed E-state index contributed by atoms with van der Waals surface area (Å²) in [7, 11) is -2.40. The third-order valence-corrected chi connectivity index (χ3v) is 7.40. The topological polar surface area (TPSA) is 135 Å². The van der Waals surface area contributed by atoms with Crippen LogP contribution in [-0.2, 0) is 14.8 Å². The van der Waals surface area contributed by atoms with Crippen molar-refractivity contribution in [3.63, 3.8) is 0 Å². The lowest BCUT2D eigenvalue weighted by molar-refractivity contribution is 0.168. The van der Waals surface area contributed by atoms with Crippen LogP contribution < -0.4 is 15.4 Å². The largest absolute Gasteiger partial charge is 0.453 e. The first kappa shape index (κ1) is 26.0. The van der Waals surface area contributed by atoms with E-state index in [1.165, 1.54) is 24.5 Å². The molecule has 192 valence electrons. The number of rotatable bonds is 9. The first-order valence-corrected chi connectivity index (χ1v) is 14.0. The van der Waals surface area contributed by atoms with Crippen LogP contribution in [0.2, 0.25) is 5.02 Å². The van der Waals surface area contributed by atoms with Crippen LogP contribution in [0, 0.1) is 5.82 Å². The Labute approximate surface area is 216 Å². The molecule has 1 unspecified atom stereocenters. The van der Waals surface area contributed by atoms with Crippen molar-refractivity contribution in [1.29, 1.82) is 0 Å². The summed E-state index contributed by atoms with van der Waals surface area (Å²) >= 11 is 7.97. The van der Waals surface area contributed by atoms with Gasteiger partial charge in [-0.1, -0.05) is 11.6 Å². The summed E-state index contributed by atoms with van der Waals surface area (Å²) < 4.78 is 44.9. The van der Waals surface area contributed by atoms with E-state index in [9.17, 15) is 17.6 Å². The second-order valence-corrected chi connectivity index (χ2v) is 11.5. The Bertz CT molecular complexity index is 1400. The van der Waals surface area contributed by atoms with E-state index >= 15 is 0 Å². The van der Waals surface area contributed by atoms with Crippen molar-refractivity contribution in [2.24, 2.45) is 0 Å². The molecule has 36 heavy (non-hydrogen) atoms. The summed E-state index contributed by atoms with van der Waals surface area (Å²) in [5, 5.41) is 6.63. The van der Waals surface area contributed by atoms with E-state index in [1.54, 1.807) is 19.2 Å². The van der Waals surface area contributed by atoms with Crippen LogP contribution in [0.15, 0.2) is 24.4 Å². The lowest BCUT2D eigenvalue weighted by atomic mass is 10.1. The van der Waals surface area contributed by atoms with E-state index in [0.29, 0.717) is 34.7 Å². The molecule has 14 heteroatoms. The van der Waals surface area contributed by atoms with Gasteiger partial charge in [0.25, 0.3) is 0 Å². The van der Waals surface area contributed by atoms with Crippen LogP contribution in [0.4, 0.5) is 20.8 Å². The van der Waals surface area contributed by atoms with Crippen molar-refractivity contribution < 1.29 is 22.3 Å². The summed E-state index contributed by atoms with van der Waals surface area (Å²) in [5.74, 6) is -0.0270. The predicted molar refractivity (Wildman–Crippen MR) is 137 cm³/mol. The Morgan fingerprint density at radius 3 is 2.75 bits per heavy atom. The molecule has 4 rings (SSSR count). The second-order valence-electron chi connectivity index (χ2n) is 8.38. The minimum Gasteiger partial charge on any atom is -0.453 e. The molecule has 0 bridgehead atoms. The van der Waals surface area contributed by atoms with E-state index in [0.717, 1.165) is 30.2 Å². The van der Waals surface area contributed by atoms with Crippen LogP contribution >= 0.6 is 22.9 Å². The smallest absolute Gasteiger partial charge is 0.407 e. The lowest BCUT2D eigenvalue weighted by Gasteiger charge is -2.14. The number of benzene rings is 1. The fourth-order valence-corrected chi connectivity index (χ4v) is 5.44. The number of hydrogen-bond donors (Lipinski definition) is 3. The maximum Gasteiger partial charge on any atom is 0.407 e. The number of halogens is 2. The number of anilines is 2. The molecule has 1 aliphatic rings. The molecule has 1 fully saturated rings. The highest BCUT2D eigenvalue weighted by Crippen LogP contribution is 2.48. The second kappa shape index (κ2) is 10.5. The molecule has 2 heterocycles. The number of nitrogens with zero attached hydrogens (tertiary/aromatic N) is 3. The first-order valence-electron chi connectivity index (χ1n) is 10.9. The molecule has 3 N–H and O–H groups in total. The van der Waals surface area contributed by atoms with Gasteiger partial charge in [0.15, 0.2) is 0 Å². The first-order chi connectivity index (χ1) is 17.0. The van der Waals surface area contributed by atoms with Crippen LogP contribution in [0.5, 0.6) is 0 Å². The lowest BCUT2D eigenvalue weighted by Crippen LogP contribution is -2.37. The molecule has 3 aromatic rings. The molecule has 1 aromatic carbocycles. The van der Waals surface area contributed by atoms with Gasteiger partial charge < -0.3 is 15.4 Å². The summed E-state index contributed by atoms with van der Waals surface area (Å²) in [4.78, 5) is 25.6. The number of methoxy groups -OCH3 is 1. The van der Waals surface area contributed by atoms with Crippen molar-refractivity contribution in [2.45, 2.75) is 31.7 Å². The molecule has 0 saturated heterocycles. The van der Waals surface area contributed by atoms with Crippen molar-refractivity contribution in [3.05, 3.63) is 40.2 Å². The van der Waals surface area contributed by atoms with Gasteiger partial charge in [-0.05, 0) is 38.0 Å². The summed E-state index contributed by atoms with van der Waals surface area (Å²) in [6, 6.07) is 3.71. The zero-order chi connectivity index (χ0) is 26.0. The maximum atomic E-state index is 14.5. The van der Waals surface area contributed by atoms with Crippen molar-refractivity contribution in [1.82, 2.24) is 20.3 Å². The van der Waals surface area contributed by atoms with E-state index < -0.39 is 21.9 Å². The number of sulfonamides is 1. The van der Waals surface area contributed by atoms with Crippen LogP contribution in [-0.4, -0.2) is 55.4 Å². The number of alkyl carbamates (subject to hydrolysis) is 1. The highest BCUT2D eigenvalue weighted by molar-refractivity contribution is 7.92. The van der Waals surface area contributed by atoms with Gasteiger partial charge in [-0.3, -0.25) is 4.72 Å². The van der Waals surface area contributed by atoms with Crippen molar-refractivity contribution in [2.75, 3.05) is 29.9 Å². The van der Waals surface area contributed by atoms with E-state index in [2.05, 4.69) is 30.1 Å². The molecule has 1 amide bonds. The zero-order valence-corrected chi connectivity index (χ0v) is 22.0. The molecule has 1 saturated carbocycles.